The van der Waals surface area contributed by atoms with Crippen molar-refractivity contribution in [3.05, 3.63) is 35.7 Å². The van der Waals surface area contributed by atoms with Crippen molar-refractivity contribution >= 4 is 5.57 Å². The van der Waals surface area contributed by atoms with Crippen molar-refractivity contribution in [3.8, 4) is 5.75 Å². The molecule has 1 saturated heterocycles. The molecule has 2 aliphatic heterocycles. The highest BCUT2D eigenvalue weighted by molar-refractivity contribution is 5.74. The summed E-state index contributed by atoms with van der Waals surface area (Å²) in [5.74, 6) is 0.693. The third-order valence-corrected chi connectivity index (χ3v) is 3.47. The summed E-state index contributed by atoms with van der Waals surface area (Å²) < 4.78 is 19.3. The van der Waals surface area contributed by atoms with Gasteiger partial charge in [0.15, 0.2) is 0 Å². The van der Waals surface area contributed by atoms with E-state index in [1.54, 1.807) is 0 Å². The first-order valence-electron chi connectivity index (χ1n) is 6.16. The van der Waals surface area contributed by atoms with Gasteiger partial charge in [-0.15, -0.1) is 0 Å². The highest BCUT2D eigenvalue weighted by atomic mass is 19.1. The molecule has 17 heavy (non-hydrogen) atoms. The van der Waals surface area contributed by atoms with Gasteiger partial charge >= 0.3 is 0 Å². The number of rotatable bonds is 2. The number of para-hydroxylation sites is 1. The van der Waals surface area contributed by atoms with Crippen LogP contribution in [-0.2, 0) is 0 Å². The Morgan fingerprint density at radius 1 is 1.18 bits per heavy atom. The molecule has 3 heteroatoms. The van der Waals surface area contributed by atoms with Crippen LogP contribution in [-0.4, -0.2) is 31.1 Å². The fraction of sp³-hybridized carbons (Fsp3) is 0.429. The normalized spacial score (nSPS) is 20.3. The quantitative estimate of drug-likeness (QED) is 0.778. The van der Waals surface area contributed by atoms with E-state index in [9.17, 15) is 4.39 Å². The summed E-state index contributed by atoms with van der Waals surface area (Å²) in [6.07, 6.45) is 2.46. The highest BCUT2D eigenvalue weighted by Gasteiger charge is 2.23. The van der Waals surface area contributed by atoms with E-state index in [4.69, 9.17) is 4.74 Å². The van der Waals surface area contributed by atoms with Crippen molar-refractivity contribution in [2.75, 3.05) is 26.2 Å². The van der Waals surface area contributed by atoms with Crippen LogP contribution < -0.4 is 4.74 Å². The number of hydrogen-bond donors (Lipinski definition) is 0. The molecule has 0 radical (unpaired) electrons. The molecule has 3 rings (SSSR count). The van der Waals surface area contributed by atoms with E-state index in [1.807, 2.05) is 24.3 Å². The van der Waals surface area contributed by atoms with Gasteiger partial charge in [0.25, 0.3) is 0 Å². The predicted octanol–water partition coefficient (Wildman–Crippen LogP) is 2.86. The number of nitrogens with zero attached hydrogens (tertiary/aromatic N) is 1. The minimum Gasteiger partial charge on any atom is -0.486 e. The Morgan fingerprint density at radius 3 is 2.76 bits per heavy atom. The molecule has 2 aliphatic rings. The van der Waals surface area contributed by atoms with Crippen LogP contribution in [0.15, 0.2) is 30.1 Å². The predicted molar refractivity (Wildman–Crippen MR) is 65.6 cm³/mol. The molecule has 0 amide bonds. The van der Waals surface area contributed by atoms with E-state index < -0.39 is 0 Å². The van der Waals surface area contributed by atoms with Crippen LogP contribution in [0, 0.1) is 0 Å². The lowest BCUT2D eigenvalue weighted by Crippen LogP contribution is -2.24. The van der Waals surface area contributed by atoms with E-state index in [-0.39, 0.29) is 12.4 Å². The van der Waals surface area contributed by atoms with E-state index in [1.165, 1.54) is 12.8 Å². The van der Waals surface area contributed by atoms with Gasteiger partial charge < -0.3 is 4.74 Å². The first-order valence-corrected chi connectivity index (χ1v) is 6.16. The first-order chi connectivity index (χ1) is 8.34. The molecule has 1 fully saturated rings. The number of fused-ring (bicyclic) bond motifs is 1. The lowest BCUT2D eigenvalue weighted by atomic mass is 10.0. The maximum atomic E-state index is 13.9. The van der Waals surface area contributed by atoms with Crippen molar-refractivity contribution in [1.82, 2.24) is 4.90 Å². The molecule has 0 bridgehead atoms. The zero-order valence-electron chi connectivity index (χ0n) is 9.79. The number of hydrogen-bond acceptors (Lipinski definition) is 2. The second kappa shape index (κ2) is 4.49. The summed E-state index contributed by atoms with van der Waals surface area (Å²) in [4.78, 5) is 2.32. The second-order valence-electron chi connectivity index (χ2n) is 4.65. The van der Waals surface area contributed by atoms with Gasteiger partial charge in [-0.1, -0.05) is 18.2 Å². The van der Waals surface area contributed by atoms with Crippen molar-refractivity contribution in [2.45, 2.75) is 12.8 Å². The lowest BCUT2D eigenvalue weighted by molar-refractivity contribution is 0.305. The fourth-order valence-corrected chi connectivity index (χ4v) is 2.55. The number of likely N-dealkylation sites (tertiary alicyclic amines) is 1. The average molecular weight is 233 g/mol. The molecule has 0 spiro atoms. The zero-order chi connectivity index (χ0) is 11.7. The summed E-state index contributed by atoms with van der Waals surface area (Å²) in [6, 6.07) is 7.71. The summed E-state index contributed by atoms with van der Waals surface area (Å²) in [5, 5.41) is 0. The minimum absolute atomic E-state index is 0.0835. The van der Waals surface area contributed by atoms with Gasteiger partial charge in [0.2, 0.25) is 0 Å². The SMILES string of the molecule is FC1=C(CN2CCCC2)c2ccccc2OC1. The number of halogens is 1. The van der Waals surface area contributed by atoms with E-state index in [0.29, 0.717) is 6.54 Å². The summed E-state index contributed by atoms with van der Waals surface area (Å²) >= 11 is 0. The van der Waals surface area contributed by atoms with E-state index in [0.717, 1.165) is 30.0 Å². The Morgan fingerprint density at radius 2 is 1.94 bits per heavy atom. The Kier molecular flexibility index (Phi) is 2.85. The molecule has 0 aromatic heterocycles. The Labute approximate surface area is 101 Å². The molecule has 2 nitrogen and oxygen atoms in total. The fourth-order valence-electron chi connectivity index (χ4n) is 2.55. The van der Waals surface area contributed by atoms with Gasteiger partial charge in [-0.25, -0.2) is 4.39 Å². The monoisotopic (exact) mass is 233 g/mol. The van der Waals surface area contributed by atoms with Gasteiger partial charge in [0, 0.05) is 17.7 Å². The molecule has 0 unspecified atom stereocenters. The lowest BCUT2D eigenvalue weighted by Gasteiger charge is -2.23. The summed E-state index contributed by atoms with van der Waals surface area (Å²) in [7, 11) is 0. The molecule has 1 aromatic rings. The van der Waals surface area contributed by atoms with E-state index >= 15 is 0 Å². The van der Waals surface area contributed by atoms with Crippen LogP contribution in [0.2, 0.25) is 0 Å². The maximum Gasteiger partial charge on any atom is 0.143 e. The number of ether oxygens (including phenoxy) is 1. The van der Waals surface area contributed by atoms with Crippen LogP contribution in [0.4, 0.5) is 4.39 Å². The molecule has 90 valence electrons. The third kappa shape index (κ3) is 2.07. The van der Waals surface area contributed by atoms with Crippen LogP contribution >= 0.6 is 0 Å². The molecule has 0 saturated carbocycles. The molecule has 0 N–H and O–H groups in total. The smallest absolute Gasteiger partial charge is 0.143 e. The Hall–Kier alpha value is -1.35. The van der Waals surface area contributed by atoms with Crippen molar-refractivity contribution in [3.63, 3.8) is 0 Å². The molecule has 0 aliphatic carbocycles. The Bertz CT molecular complexity index is 449. The van der Waals surface area contributed by atoms with Crippen molar-refractivity contribution in [1.29, 1.82) is 0 Å². The summed E-state index contributed by atoms with van der Waals surface area (Å²) in [6.45, 7) is 2.96. The average Bonchev–Trinajstić information content (AvgIpc) is 2.86. The van der Waals surface area contributed by atoms with Crippen LogP contribution in [0.25, 0.3) is 5.57 Å². The van der Waals surface area contributed by atoms with Gasteiger partial charge in [-0.3, -0.25) is 4.90 Å². The summed E-state index contributed by atoms with van der Waals surface area (Å²) in [5.41, 5.74) is 1.73. The van der Waals surface area contributed by atoms with Crippen molar-refractivity contribution in [2.24, 2.45) is 0 Å². The molecule has 0 atom stereocenters. The van der Waals surface area contributed by atoms with E-state index in [2.05, 4.69) is 4.90 Å². The zero-order valence-corrected chi connectivity index (χ0v) is 9.79. The molecule has 1 aromatic carbocycles. The molecule has 2 heterocycles. The van der Waals surface area contributed by atoms with Gasteiger partial charge in [0.1, 0.15) is 18.2 Å². The standard InChI is InChI=1S/C14H16FNO/c15-13-10-17-14-6-2-1-5-11(14)12(13)9-16-7-3-4-8-16/h1-2,5-6H,3-4,7-10H2. The van der Waals surface area contributed by atoms with Gasteiger partial charge in [-0.05, 0) is 32.0 Å². The van der Waals surface area contributed by atoms with Gasteiger partial charge in [0.05, 0.1) is 0 Å². The second-order valence-corrected chi connectivity index (χ2v) is 4.65. The van der Waals surface area contributed by atoms with Crippen LogP contribution in [0.5, 0.6) is 5.75 Å². The first kappa shape index (κ1) is 10.8. The van der Waals surface area contributed by atoms with Crippen LogP contribution in [0.1, 0.15) is 18.4 Å². The minimum atomic E-state index is -0.115. The van der Waals surface area contributed by atoms with Gasteiger partial charge in [-0.2, -0.15) is 0 Å². The number of benzene rings is 1. The largest absolute Gasteiger partial charge is 0.486 e. The van der Waals surface area contributed by atoms with Crippen molar-refractivity contribution < 1.29 is 9.13 Å². The molecular weight excluding hydrogens is 217 g/mol. The topological polar surface area (TPSA) is 12.5 Å². The van der Waals surface area contributed by atoms with Crippen LogP contribution in [0.3, 0.4) is 0 Å². The Balaban J connectivity index is 1.90. The maximum absolute atomic E-state index is 13.9. The third-order valence-electron chi connectivity index (χ3n) is 3.47. The highest BCUT2D eigenvalue weighted by Crippen LogP contribution is 2.34. The molecular formula is C14H16FNO.